The number of carbonyl (C=O) groups excluding carboxylic acids is 1. The van der Waals surface area contributed by atoms with Crippen LogP contribution < -0.4 is 5.32 Å². The van der Waals surface area contributed by atoms with Crippen molar-refractivity contribution in [2.75, 3.05) is 5.32 Å². The quantitative estimate of drug-likeness (QED) is 0.887. The molecule has 0 heterocycles. The number of hydrogen-bond acceptors (Lipinski definition) is 1. The van der Waals surface area contributed by atoms with Crippen LogP contribution in [0.3, 0.4) is 0 Å². The van der Waals surface area contributed by atoms with Gasteiger partial charge in [0.2, 0.25) is 5.91 Å². The van der Waals surface area contributed by atoms with Crippen molar-refractivity contribution in [1.82, 2.24) is 0 Å². The maximum absolute atomic E-state index is 12.2. The zero-order valence-corrected chi connectivity index (χ0v) is 12.6. The van der Waals surface area contributed by atoms with Crippen LogP contribution in [0.2, 0.25) is 0 Å². The molecule has 0 unspecified atom stereocenters. The van der Waals surface area contributed by atoms with Crippen molar-refractivity contribution in [3.63, 3.8) is 0 Å². The third kappa shape index (κ3) is 3.44. The topological polar surface area (TPSA) is 29.1 Å². The van der Waals surface area contributed by atoms with Crippen molar-refractivity contribution in [1.29, 1.82) is 0 Å². The lowest BCUT2D eigenvalue weighted by Gasteiger charge is -2.14. The third-order valence-electron chi connectivity index (χ3n) is 3.14. The Hall–Kier alpha value is -1.61. The minimum atomic E-state index is -0.163. The smallest absolute Gasteiger partial charge is 0.231 e. The summed E-state index contributed by atoms with van der Waals surface area (Å²) in [6.45, 7) is 3.90. The molecular weight excluding hydrogens is 302 g/mol. The molecule has 1 N–H and O–H groups in total. The Morgan fingerprint density at radius 3 is 2.47 bits per heavy atom. The van der Waals surface area contributed by atoms with E-state index in [1.807, 2.05) is 62.4 Å². The van der Waals surface area contributed by atoms with Gasteiger partial charge < -0.3 is 5.32 Å². The summed E-state index contributed by atoms with van der Waals surface area (Å²) in [4.78, 5) is 12.2. The molecule has 1 atom stereocenters. The molecule has 0 aromatic heterocycles. The number of nitrogens with one attached hydrogen (secondary N) is 1. The number of amides is 1. The average molecular weight is 318 g/mol. The van der Waals surface area contributed by atoms with E-state index < -0.39 is 0 Å². The maximum Gasteiger partial charge on any atom is 0.231 e. The average Bonchev–Trinajstić information content (AvgIpc) is 2.42. The Bertz CT molecular complexity index is 581. The molecule has 0 fully saturated rings. The molecule has 0 bridgehead atoms. The van der Waals surface area contributed by atoms with Crippen LogP contribution in [0.25, 0.3) is 0 Å². The fourth-order valence-corrected chi connectivity index (χ4v) is 2.38. The van der Waals surface area contributed by atoms with Gasteiger partial charge in [-0.2, -0.15) is 0 Å². The van der Waals surface area contributed by atoms with Crippen molar-refractivity contribution < 1.29 is 4.79 Å². The highest BCUT2D eigenvalue weighted by molar-refractivity contribution is 9.10. The standard InChI is InChI=1S/C16H16BrNO/c1-11-10-14(17)8-9-15(11)18-16(19)12(2)13-6-4-3-5-7-13/h3-10,12H,1-2H3,(H,18,19)/t12-/m1/s1. The van der Waals surface area contributed by atoms with Crippen molar-refractivity contribution in [2.45, 2.75) is 19.8 Å². The number of anilines is 1. The molecule has 0 aliphatic carbocycles. The van der Waals surface area contributed by atoms with Crippen LogP contribution in [0.1, 0.15) is 24.0 Å². The predicted octanol–water partition coefficient (Wildman–Crippen LogP) is 4.50. The maximum atomic E-state index is 12.2. The van der Waals surface area contributed by atoms with Crippen molar-refractivity contribution >= 4 is 27.5 Å². The highest BCUT2D eigenvalue weighted by Gasteiger charge is 2.15. The predicted molar refractivity (Wildman–Crippen MR) is 82.4 cm³/mol. The Morgan fingerprint density at radius 2 is 1.84 bits per heavy atom. The molecule has 0 saturated heterocycles. The van der Waals surface area contributed by atoms with E-state index in [1.54, 1.807) is 0 Å². The molecule has 0 saturated carbocycles. The molecule has 2 rings (SSSR count). The molecule has 2 aromatic rings. The normalized spacial score (nSPS) is 11.9. The molecule has 2 aromatic carbocycles. The monoisotopic (exact) mass is 317 g/mol. The van der Waals surface area contributed by atoms with E-state index in [9.17, 15) is 4.79 Å². The van der Waals surface area contributed by atoms with Gasteiger partial charge >= 0.3 is 0 Å². The van der Waals surface area contributed by atoms with E-state index in [2.05, 4.69) is 21.2 Å². The van der Waals surface area contributed by atoms with Gasteiger partial charge in [-0.1, -0.05) is 46.3 Å². The Labute approximate surface area is 122 Å². The summed E-state index contributed by atoms with van der Waals surface area (Å²) in [5, 5.41) is 2.98. The summed E-state index contributed by atoms with van der Waals surface area (Å²) in [5.74, 6) is -0.152. The fourth-order valence-electron chi connectivity index (χ4n) is 1.90. The summed E-state index contributed by atoms with van der Waals surface area (Å²) in [5.41, 5.74) is 2.92. The SMILES string of the molecule is Cc1cc(Br)ccc1NC(=O)[C@H](C)c1ccccc1. The van der Waals surface area contributed by atoms with Gasteiger partial charge in [0.1, 0.15) is 0 Å². The van der Waals surface area contributed by atoms with Gasteiger partial charge in [0.15, 0.2) is 0 Å². The summed E-state index contributed by atoms with van der Waals surface area (Å²) < 4.78 is 1.01. The lowest BCUT2D eigenvalue weighted by atomic mass is 10.0. The first-order valence-electron chi connectivity index (χ1n) is 6.20. The van der Waals surface area contributed by atoms with Crippen LogP contribution in [-0.4, -0.2) is 5.91 Å². The molecule has 98 valence electrons. The molecule has 0 radical (unpaired) electrons. The van der Waals surface area contributed by atoms with Crippen molar-refractivity contribution in [3.05, 3.63) is 64.1 Å². The minimum absolute atomic E-state index is 0.0108. The number of benzene rings is 2. The van der Waals surface area contributed by atoms with Crippen LogP contribution >= 0.6 is 15.9 Å². The third-order valence-corrected chi connectivity index (χ3v) is 3.63. The van der Waals surface area contributed by atoms with Crippen molar-refractivity contribution in [3.8, 4) is 0 Å². The van der Waals surface area contributed by atoms with Crippen LogP contribution in [0.5, 0.6) is 0 Å². The van der Waals surface area contributed by atoms with Crippen LogP contribution in [0.4, 0.5) is 5.69 Å². The van der Waals surface area contributed by atoms with Gasteiger partial charge in [0, 0.05) is 10.2 Å². The summed E-state index contributed by atoms with van der Waals surface area (Å²) in [7, 11) is 0. The highest BCUT2D eigenvalue weighted by atomic mass is 79.9. The molecule has 0 aliphatic rings. The molecule has 3 heteroatoms. The molecular formula is C16H16BrNO. The fraction of sp³-hybridized carbons (Fsp3) is 0.188. The van der Waals surface area contributed by atoms with Crippen LogP contribution in [0.15, 0.2) is 53.0 Å². The first kappa shape index (κ1) is 13.8. The number of halogens is 1. The summed E-state index contributed by atoms with van der Waals surface area (Å²) >= 11 is 3.42. The second kappa shape index (κ2) is 6.02. The van der Waals surface area contributed by atoms with E-state index >= 15 is 0 Å². The number of carbonyl (C=O) groups is 1. The van der Waals surface area contributed by atoms with Gasteiger partial charge in [0.25, 0.3) is 0 Å². The Kier molecular flexibility index (Phi) is 4.38. The van der Waals surface area contributed by atoms with E-state index in [0.717, 1.165) is 21.3 Å². The highest BCUT2D eigenvalue weighted by Crippen LogP contribution is 2.22. The molecule has 0 spiro atoms. The molecule has 0 aliphatic heterocycles. The van der Waals surface area contributed by atoms with Gasteiger partial charge in [-0.25, -0.2) is 0 Å². The first-order chi connectivity index (χ1) is 9.08. The second-order valence-corrected chi connectivity index (χ2v) is 5.50. The zero-order chi connectivity index (χ0) is 13.8. The Balaban J connectivity index is 2.13. The first-order valence-corrected chi connectivity index (χ1v) is 6.99. The van der Waals surface area contributed by atoms with Gasteiger partial charge in [-0.05, 0) is 43.2 Å². The van der Waals surface area contributed by atoms with E-state index in [4.69, 9.17) is 0 Å². The number of hydrogen-bond donors (Lipinski definition) is 1. The molecule has 1 amide bonds. The molecule has 19 heavy (non-hydrogen) atoms. The van der Waals surface area contributed by atoms with E-state index in [0.29, 0.717) is 0 Å². The van der Waals surface area contributed by atoms with Gasteiger partial charge in [0.05, 0.1) is 5.92 Å². The lowest BCUT2D eigenvalue weighted by molar-refractivity contribution is -0.117. The number of rotatable bonds is 3. The number of aryl methyl sites for hydroxylation is 1. The summed E-state index contributed by atoms with van der Waals surface area (Å²) in [6, 6.07) is 15.6. The van der Waals surface area contributed by atoms with E-state index in [1.165, 1.54) is 0 Å². The zero-order valence-electron chi connectivity index (χ0n) is 11.0. The summed E-state index contributed by atoms with van der Waals surface area (Å²) in [6.07, 6.45) is 0. The van der Waals surface area contributed by atoms with Crippen LogP contribution in [-0.2, 0) is 4.79 Å². The van der Waals surface area contributed by atoms with Gasteiger partial charge in [-0.3, -0.25) is 4.79 Å². The largest absolute Gasteiger partial charge is 0.325 e. The minimum Gasteiger partial charge on any atom is -0.325 e. The van der Waals surface area contributed by atoms with Gasteiger partial charge in [-0.15, -0.1) is 0 Å². The lowest BCUT2D eigenvalue weighted by Crippen LogP contribution is -2.19. The van der Waals surface area contributed by atoms with Crippen LogP contribution in [0, 0.1) is 6.92 Å². The second-order valence-electron chi connectivity index (χ2n) is 4.58. The molecule has 2 nitrogen and oxygen atoms in total. The van der Waals surface area contributed by atoms with Crippen molar-refractivity contribution in [2.24, 2.45) is 0 Å². The Morgan fingerprint density at radius 1 is 1.16 bits per heavy atom. The van der Waals surface area contributed by atoms with E-state index in [-0.39, 0.29) is 11.8 Å².